The summed E-state index contributed by atoms with van der Waals surface area (Å²) in [4.78, 5) is 3.33. The van der Waals surface area contributed by atoms with Gasteiger partial charge in [0.25, 0.3) is 0 Å². The van der Waals surface area contributed by atoms with Crippen molar-refractivity contribution in [1.29, 1.82) is 0 Å². The number of rotatable bonds is 6. The van der Waals surface area contributed by atoms with Gasteiger partial charge in [-0.05, 0) is 17.2 Å². The second kappa shape index (κ2) is 7.44. The van der Waals surface area contributed by atoms with Crippen LogP contribution in [0.2, 0.25) is 0 Å². The van der Waals surface area contributed by atoms with Crippen molar-refractivity contribution in [3.63, 3.8) is 0 Å². The average Bonchev–Trinajstić information content (AvgIpc) is 3.41. The van der Waals surface area contributed by atoms with Crippen molar-refractivity contribution < 1.29 is 14.2 Å². The Hall–Kier alpha value is -2.18. The van der Waals surface area contributed by atoms with Crippen LogP contribution in [-0.2, 0) is 27.4 Å². The van der Waals surface area contributed by atoms with Crippen molar-refractivity contribution in [2.45, 2.75) is 37.5 Å². The molecule has 140 valence electrons. The van der Waals surface area contributed by atoms with Crippen molar-refractivity contribution in [1.82, 2.24) is 10.3 Å². The van der Waals surface area contributed by atoms with Crippen LogP contribution in [0.15, 0.2) is 60.8 Å². The topological polar surface area (TPSA) is 55.5 Å². The van der Waals surface area contributed by atoms with Gasteiger partial charge < -0.3 is 24.5 Å². The molecule has 27 heavy (non-hydrogen) atoms. The summed E-state index contributed by atoms with van der Waals surface area (Å²) in [6.45, 7) is 2.63. The molecule has 0 bridgehead atoms. The lowest BCUT2D eigenvalue weighted by molar-refractivity contribution is -0.0393. The van der Waals surface area contributed by atoms with E-state index < -0.39 is 0 Å². The number of hydrogen-bond donors (Lipinski definition) is 2. The number of fused-ring (bicyclic) bond motifs is 2. The molecule has 5 nitrogen and oxygen atoms in total. The van der Waals surface area contributed by atoms with E-state index >= 15 is 0 Å². The third-order valence-corrected chi connectivity index (χ3v) is 5.54. The number of nitrogens with one attached hydrogen (secondary N) is 2. The molecular weight excluding hydrogens is 340 g/mol. The fourth-order valence-electron chi connectivity index (χ4n) is 4.08. The van der Waals surface area contributed by atoms with Gasteiger partial charge in [-0.3, -0.25) is 0 Å². The second-order valence-electron chi connectivity index (χ2n) is 7.28. The highest BCUT2D eigenvalue weighted by molar-refractivity contribution is 5.82. The molecule has 0 unspecified atom stereocenters. The number of aromatic nitrogens is 1. The predicted molar refractivity (Wildman–Crippen MR) is 103 cm³/mol. The minimum Gasteiger partial charge on any atom is -0.371 e. The van der Waals surface area contributed by atoms with Gasteiger partial charge in [0.2, 0.25) is 0 Å². The highest BCUT2D eigenvalue weighted by Crippen LogP contribution is 2.30. The van der Waals surface area contributed by atoms with Crippen LogP contribution >= 0.6 is 0 Å². The van der Waals surface area contributed by atoms with E-state index in [1.165, 1.54) is 22.0 Å². The number of ether oxygens (including phenoxy) is 3. The van der Waals surface area contributed by atoms with Crippen molar-refractivity contribution in [2.24, 2.45) is 0 Å². The van der Waals surface area contributed by atoms with Gasteiger partial charge in [-0.25, -0.2) is 0 Å². The smallest absolute Gasteiger partial charge is 0.114 e. The van der Waals surface area contributed by atoms with E-state index in [1.807, 2.05) is 24.3 Å². The Bertz CT molecular complexity index is 895. The zero-order valence-corrected chi connectivity index (χ0v) is 15.1. The van der Waals surface area contributed by atoms with Crippen molar-refractivity contribution in [3.05, 3.63) is 71.9 Å². The van der Waals surface area contributed by atoms with Crippen LogP contribution in [-0.4, -0.2) is 42.6 Å². The van der Waals surface area contributed by atoms with Crippen LogP contribution in [0.1, 0.15) is 11.1 Å². The van der Waals surface area contributed by atoms with E-state index in [2.05, 4.69) is 46.8 Å². The Balaban J connectivity index is 1.18. The molecule has 0 radical (unpaired) electrons. The van der Waals surface area contributed by atoms with Gasteiger partial charge >= 0.3 is 0 Å². The van der Waals surface area contributed by atoms with E-state index in [4.69, 9.17) is 14.2 Å². The lowest BCUT2D eigenvalue weighted by atomic mass is 10.1. The molecule has 3 aromatic rings. The fourth-order valence-corrected chi connectivity index (χ4v) is 4.08. The lowest BCUT2D eigenvalue weighted by Gasteiger charge is -2.18. The normalized spacial score (nSPS) is 27.3. The van der Waals surface area contributed by atoms with Crippen LogP contribution < -0.4 is 5.32 Å². The first kappa shape index (κ1) is 17.0. The first-order chi connectivity index (χ1) is 13.4. The maximum Gasteiger partial charge on any atom is 0.114 e. The number of H-pyrrole nitrogens is 1. The predicted octanol–water partition coefficient (Wildman–Crippen LogP) is 3.01. The average molecular weight is 364 g/mol. The van der Waals surface area contributed by atoms with Gasteiger partial charge in [0.15, 0.2) is 0 Å². The standard InChI is InChI=1S/C22H24N2O3/c1-2-6-15(7-3-1)12-25-20-14-27-21-19(13-26-22(20)21)24-11-16-10-23-18-9-5-4-8-17(16)18/h1-10,19-24H,11-14H2/t19-,20+,21+,22+/m0/s1. The maximum atomic E-state index is 6.08. The summed E-state index contributed by atoms with van der Waals surface area (Å²) < 4.78 is 18.1. The molecule has 2 saturated heterocycles. The quantitative estimate of drug-likeness (QED) is 0.706. The first-order valence-electron chi connectivity index (χ1n) is 9.55. The molecule has 5 heteroatoms. The second-order valence-corrected chi connectivity index (χ2v) is 7.28. The largest absolute Gasteiger partial charge is 0.371 e. The van der Waals surface area contributed by atoms with Gasteiger partial charge in [0.1, 0.15) is 18.3 Å². The molecule has 2 fully saturated rings. The molecule has 2 aliphatic rings. The van der Waals surface area contributed by atoms with E-state index in [1.54, 1.807) is 0 Å². The molecule has 0 spiro atoms. The molecule has 2 aliphatic heterocycles. The van der Waals surface area contributed by atoms with Crippen LogP contribution in [0.25, 0.3) is 10.9 Å². The number of benzene rings is 2. The monoisotopic (exact) mass is 364 g/mol. The van der Waals surface area contributed by atoms with Crippen LogP contribution in [0.5, 0.6) is 0 Å². The molecule has 0 saturated carbocycles. The molecule has 5 rings (SSSR count). The third-order valence-electron chi connectivity index (χ3n) is 5.54. The summed E-state index contributed by atoms with van der Waals surface area (Å²) in [6.07, 6.45) is 2.13. The van der Waals surface area contributed by atoms with Gasteiger partial charge in [-0.15, -0.1) is 0 Å². The minimum absolute atomic E-state index is 0.00454. The molecular formula is C22H24N2O3. The highest BCUT2D eigenvalue weighted by Gasteiger charge is 2.48. The molecule has 2 aromatic carbocycles. The Kier molecular flexibility index (Phi) is 4.67. The van der Waals surface area contributed by atoms with Gasteiger partial charge in [0.05, 0.1) is 25.9 Å². The van der Waals surface area contributed by atoms with Crippen molar-refractivity contribution in [2.75, 3.05) is 13.2 Å². The molecule has 3 heterocycles. The zero-order chi connectivity index (χ0) is 18.1. The van der Waals surface area contributed by atoms with Crippen molar-refractivity contribution in [3.8, 4) is 0 Å². The Labute approximate surface area is 158 Å². The van der Waals surface area contributed by atoms with Gasteiger partial charge in [-0.2, -0.15) is 0 Å². The lowest BCUT2D eigenvalue weighted by Crippen LogP contribution is -2.41. The first-order valence-corrected chi connectivity index (χ1v) is 9.55. The molecule has 2 N–H and O–H groups in total. The summed E-state index contributed by atoms with van der Waals surface area (Å²) in [5, 5.41) is 4.88. The Morgan fingerprint density at radius 1 is 0.963 bits per heavy atom. The maximum absolute atomic E-state index is 6.08. The molecule has 0 amide bonds. The summed E-state index contributed by atoms with van der Waals surface area (Å²) >= 11 is 0. The summed E-state index contributed by atoms with van der Waals surface area (Å²) in [6, 6.07) is 18.8. The van der Waals surface area contributed by atoms with Gasteiger partial charge in [0, 0.05) is 23.6 Å². The number of aromatic amines is 1. The van der Waals surface area contributed by atoms with E-state index in [-0.39, 0.29) is 24.4 Å². The fraction of sp³-hybridized carbons (Fsp3) is 0.364. The number of hydrogen-bond acceptors (Lipinski definition) is 4. The van der Waals surface area contributed by atoms with Crippen LogP contribution in [0, 0.1) is 0 Å². The molecule has 1 aromatic heterocycles. The Morgan fingerprint density at radius 3 is 2.70 bits per heavy atom. The molecule has 4 atom stereocenters. The SMILES string of the molecule is c1ccc(CO[C@@H]2CO[C@H]3[C@@H]2OC[C@@H]3NCc2c[nH]c3ccccc23)cc1. The van der Waals surface area contributed by atoms with E-state index in [0.717, 1.165) is 6.54 Å². The van der Waals surface area contributed by atoms with Crippen LogP contribution in [0.4, 0.5) is 0 Å². The summed E-state index contributed by atoms with van der Waals surface area (Å²) in [5.41, 5.74) is 3.61. The zero-order valence-electron chi connectivity index (χ0n) is 15.1. The summed E-state index contributed by atoms with van der Waals surface area (Å²) in [5.74, 6) is 0. The van der Waals surface area contributed by atoms with Crippen LogP contribution in [0.3, 0.4) is 0 Å². The van der Waals surface area contributed by atoms with E-state index in [0.29, 0.717) is 19.8 Å². The van der Waals surface area contributed by atoms with E-state index in [9.17, 15) is 0 Å². The third kappa shape index (κ3) is 3.39. The van der Waals surface area contributed by atoms with Gasteiger partial charge in [-0.1, -0.05) is 48.5 Å². The Morgan fingerprint density at radius 2 is 1.78 bits per heavy atom. The summed E-state index contributed by atoms with van der Waals surface area (Å²) in [7, 11) is 0. The molecule has 0 aliphatic carbocycles. The van der Waals surface area contributed by atoms with Crippen molar-refractivity contribution >= 4 is 10.9 Å². The highest BCUT2D eigenvalue weighted by atomic mass is 16.6. The number of para-hydroxylation sites is 1. The minimum atomic E-state index is -0.00454.